The summed E-state index contributed by atoms with van der Waals surface area (Å²) in [5.41, 5.74) is 0. The zero-order chi connectivity index (χ0) is 11.3. The molecule has 1 heterocycles. The van der Waals surface area contributed by atoms with Gasteiger partial charge in [0.05, 0.1) is 0 Å². The number of aromatic nitrogens is 2. The van der Waals surface area contributed by atoms with E-state index >= 15 is 0 Å². The van der Waals surface area contributed by atoms with Crippen molar-refractivity contribution in [1.82, 2.24) is 9.36 Å². The van der Waals surface area contributed by atoms with Crippen LogP contribution >= 0.6 is 11.5 Å². The van der Waals surface area contributed by atoms with Gasteiger partial charge in [0, 0.05) is 30.6 Å². The predicted octanol–water partition coefficient (Wildman–Crippen LogP) is 2.09. The molecule has 0 aliphatic rings. The Labute approximate surface area is 94.9 Å². The minimum Gasteiger partial charge on any atom is -0.396 e. The molecule has 1 atom stereocenters. The molecule has 4 nitrogen and oxygen atoms in total. The zero-order valence-corrected chi connectivity index (χ0v) is 10.3. The normalized spacial score (nSPS) is 13.1. The highest BCUT2D eigenvalue weighted by Crippen LogP contribution is 2.17. The van der Waals surface area contributed by atoms with Crippen LogP contribution in [0.25, 0.3) is 0 Å². The number of aliphatic hydroxyl groups excluding tert-OH is 1. The highest BCUT2D eigenvalue weighted by Gasteiger charge is 2.08. The van der Waals surface area contributed by atoms with Gasteiger partial charge in [0.1, 0.15) is 5.82 Å². The molecular weight excluding hydrogens is 210 g/mol. The third-order valence-electron chi connectivity index (χ3n) is 2.18. The van der Waals surface area contributed by atoms with Gasteiger partial charge in [-0.2, -0.15) is 4.37 Å². The molecular formula is C10H19N3OS. The van der Waals surface area contributed by atoms with Crippen molar-refractivity contribution in [3.05, 3.63) is 5.82 Å². The van der Waals surface area contributed by atoms with Gasteiger partial charge in [0.2, 0.25) is 5.13 Å². The van der Waals surface area contributed by atoms with Gasteiger partial charge in [-0.05, 0) is 12.3 Å². The molecule has 1 aromatic heterocycles. The summed E-state index contributed by atoms with van der Waals surface area (Å²) in [6.07, 6.45) is 0.822. The molecule has 0 bridgehead atoms. The Hall–Kier alpha value is -0.680. The van der Waals surface area contributed by atoms with Crippen LogP contribution in [0.1, 0.15) is 38.9 Å². The standard InChI is InChI=1S/C10H19N3OS/c1-7(2)9-12-10(15-13-9)11-6-8(3)4-5-14/h7-8,14H,4-6H2,1-3H3,(H,11,12,13). The third kappa shape index (κ3) is 4.13. The topological polar surface area (TPSA) is 58.0 Å². The molecule has 0 fully saturated rings. The summed E-state index contributed by atoms with van der Waals surface area (Å²) in [5, 5.41) is 12.9. The minimum atomic E-state index is 0.246. The van der Waals surface area contributed by atoms with E-state index < -0.39 is 0 Å². The lowest BCUT2D eigenvalue weighted by atomic mass is 10.1. The quantitative estimate of drug-likeness (QED) is 0.784. The van der Waals surface area contributed by atoms with Crippen molar-refractivity contribution in [2.45, 2.75) is 33.1 Å². The third-order valence-corrected chi connectivity index (χ3v) is 2.87. The SMILES string of the molecule is CC(CCO)CNc1nc(C(C)C)ns1. The van der Waals surface area contributed by atoms with E-state index in [1.165, 1.54) is 11.5 Å². The molecule has 0 aliphatic carbocycles. The van der Waals surface area contributed by atoms with Crippen molar-refractivity contribution >= 4 is 16.7 Å². The van der Waals surface area contributed by atoms with Crippen LogP contribution in [0, 0.1) is 5.92 Å². The molecule has 0 amide bonds. The average Bonchev–Trinajstić information content (AvgIpc) is 2.63. The van der Waals surface area contributed by atoms with Crippen molar-refractivity contribution in [3.63, 3.8) is 0 Å². The summed E-state index contributed by atoms with van der Waals surface area (Å²) in [7, 11) is 0. The fourth-order valence-corrected chi connectivity index (χ4v) is 1.84. The molecule has 0 saturated carbocycles. The van der Waals surface area contributed by atoms with E-state index in [-0.39, 0.29) is 6.61 Å². The molecule has 1 aromatic rings. The second-order valence-electron chi connectivity index (χ2n) is 4.11. The van der Waals surface area contributed by atoms with Crippen LogP contribution in [-0.4, -0.2) is 27.6 Å². The summed E-state index contributed by atoms with van der Waals surface area (Å²) in [6.45, 7) is 7.36. The first kappa shape index (κ1) is 12.4. The fraction of sp³-hybridized carbons (Fsp3) is 0.800. The first-order chi connectivity index (χ1) is 7.13. The van der Waals surface area contributed by atoms with Crippen molar-refractivity contribution < 1.29 is 5.11 Å². The highest BCUT2D eigenvalue weighted by atomic mass is 32.1. The molecule has 1 rings (SSSR count). The van der Waals surface area contributed by atoms with Gasteiger partial charge in [-0.1, -0.05) is 20.8 Å². The second-order valence-corrected chi connectivity index (χ2v) is 4.86. The number of aliphatic hydroxyl groups is 1. The van der Waals surface area contributed by atoms with Crippen LogP contribution in [0.3, 0.4) is 0 Å². The largest absolute Gasteiger partial charge is 0.396 e. The monoisotopic (exact) mass is 229 g/mol. The number of hydrogen-bond acceptors (Lipinski definition) is 5. The first-order valence-corrected chi connectivity index (χ1v) is 6.09. The second kappa shape index (κ2) is 6.02. The number of hydrogen-bond donors (Lipinski definition) is 2. The Morgan fingerprint density at radius 1 is 1.40 bits per heavy atom. The van der Waals surface area contributed by atoms with E-state index in [1.54, 1.807) is 0 Å². The molecule has 0 radical (unpaired) electrons. The van der Waals surface area contributed by atoms with Crippen molar-refractivity contribution in [1.29, 1.82) is 0 Å². The molecule has 0 aliphatic heterocycles. The Morgan fingerprint density at radius 3 is 2.67 bits per heavy atom. The molecule has 5 heteroatoms. The number of anilines is 1. The number of nitrogens with zero attached hydrogens (tertiary/aromatic N) is 2. The van der Waals surface area contributed by atoms with Crippen LogP contribution in [0.15, 0.2) is 0 Å². The molecule has 86 valence electrons. The molecule has 1 unspecified atom stereocenters. The Kier molecular flexibility index (Phi) is 4.98. The van der Waals surface area contributed by atoms with Crippen LogP contribution in [0.2, 0.25) is 0 Å². The van der Waals surface area contributed by atoms with Crippen molar-refractivity contribution in [2.75, 3.05) is 18.5 Å². The molecule has 0 saturated heterocycles. The van der Waals surface area contributed by atoms with Gasteiger partial charge in [0.25, 0.3) is 0 Å². The minimum absolute atomic E-state index is 0.246. The summed E-state index contributed by atoms with van der Waals surface area (Å²) in [4.78, 5) is 4.38. The molecule has 2 N–H and O–H groups in total. The lowest BCUT2D eigenvalue weighted by Crippen LogP contribution is -2.12. The van der Waals surface area contributed by atoms with E-state index in [1.807, 2.05) is 0 Å². The summed E-state index contributed by atoms with van der Waals surface area (Å²) in [5.74, 6) is 1.74. The Morgan fingerprint density at radius 2 is 2.13 bits per heavy atom. The van der Waals surface area contributed by atoms with E-state index in [4.69, 9.17) is 5.11 Å². The predicted molar refractivity (Wildman–Crippen MR) is 63.4 cm³/mol. The van der Waals surface area contributed by atoms with E-state index in [9.17, 15) is 0 Å². The highest BCUT2D eigenvalue weighted by molar-refractivity contribution is 7.09. The summed E-state index contributed by atoms with van der Waals surface area (Å²) >= 11 is 1.40. The van der Waals surface area contributed by atoms with Gasteiger partial charge in [0.15, 0.2) is 0 Å². The maximum atomic E-state index is 8.76. The van der Waals surface area contributed by atoms with Gasteiger partial charge in [-0.25, -0.2) is 4.98 Å². The van der Waals surface area contributed by atoms with Crippen LogP contribution in [-0.2, 0) is 0 Å². The average molecular weight is 229 g/mol. The smallest absolute Gasteiger partial charge is 0.202 e. The van der Waals surface area contributed by atoms with Crippen LogP contribution in [0.5, 0.6) is 0 Å². The number of rotatable bonds is 6. The summed E-state index contributed by atoms with van der Waals surface area (Å²) in [6, 6.07) is 0. The lowest BCUT2D eigenvalue weighted by molar-refractivity contribution is 0.266. The maximum absolute atomic E-state index is 8.76. The summed E-state index contributed by atoms with van der Waals surface area (Å²) < 4.78 is 4.26. The lowest BCUT2D eigenvalue weighted by Gasteiger charge is -2.09. The maximum Gasteiger partial charge on any atom is 0.202 e. The zero-order valence-electron chi connectivity index (χ0n) is 9.53. The van der Waals surface area contributed by atoms with E-state index in [2.05, 4.69) is 35.4 Å². The van der Waals surface area contributed by atoms with E-state index in [0.717, 1.165) is 23.9 Å². The van der Waals surface area contributed by atoms with Gasteiger partial charge in [-0.15, -0.1) is 0 Å². The Bertz CT molecular complexity index is 288. The molecule has 0 spiro atoms. The van der Waals surface area contributed by atoms with Crippen LogP contribution in [0.4, 0.5) is 5.13 Å². The Balaban J connectivity index is 2.37. The number of nitrogens with one attached hydrogen (secondary N) is 1. The van der Waals surface area contributed by atoms with Crippen LogP contribution < -0.4 is 5.32 Å². The first-order valence-electron chi connectivity index (χ1n) is 5.31. The van der Waals surface area contributed by atoms with Gasteiger partial charge >= 0.3 is 0 Å². The molecule has 0 aromatic carbocycles. The van der Waals surface area contributed by atoms with Gasteiger partial charge in [-0.3, -0.25) is 0 Å². The van der Waals surface area contributed by atoms with Crippen molar-refractivity contribution in [2.24, 2.45) is 5.92 Å². The van der Waals surface area contributed by atoms with Crippen molar-refractivity contribution in [3.8, 4) is 0 Å². The molecule has 15 heavy (non-hydrogen) atoms. The fourth-order valence-electron chi connectivity index (χ4n) is 1.13. The van der Waals surface area contributed by atoms with Gasteiger partial charge < -0.3 is 10.4 Å². The van der Waals surface area contributed by atoms with E-state index in [0.29, 0.717) is 11.8 Å².